The van der Waals surface area contributed by atoms with Crippen molar-refractivity contribution in [1.29, 1.82) is 0 Å². The third-order valence-electron chi connectivity index (χ3n) is 2.65. The second-order valence-corrected chi connectivity index (χ2v) is 3.86. The molecule has 0 radical (unpaired) electrons. The number of phenols is 1. The van der Waals surface area contributed by atoms with E-state index in [0.717, 1.165) is 12.8 Å². The fourth-order valence-corrected chi connectivity index (χ4v) is 1.74. The number of hydrogen-bond donors (Lipinski definition) is 3. The predicted octanol–water partition coefficient (Wildman–Crippen LogP) is 1.42. The molecule has 1 aromatic rings. The minimum absolute atomic E-state index is 0.133. The third kappa shape index (κ3) is 2.00. The summed E-state index contributed by atoms with van der Waals surface area (Å²) in [6, 6.07) is 4.90. The van der Waals surface area contributed by atoms with E-state index < -0.39 is 0 Å². The van der Waals surface area contributed by atoms with Crippen LogP contribution < -0.4 is 11.1 Å². The molecule has 1 aliphatic rings. The van der Waals surface area contributed by atoms with Crippen LogP contribution in [-0.2, 0) is 0 Å². The highest BCUT2D eigenvalue weighted by Crippen LogP contribution is 2.24. The molecular formula is C12H14N2O2. The second kappa shape index (κ2) is 4.26. The highest BCUT2D eigenvalue weighted by atomic mass is 16.3. The van der Waals surface area contributed by atoms with E-state index in [1.807, 2.05) is 12.2 Å². The first kappa shape index (κ1) is 10.5. The summed E-state index contributed by atoms with van der Waals surface area (Å²) in [4.78, 5) is 11.8. The van der Waals surface area contributed by atoms with E-state index in [4.69, 9.17) is 5.73 Å². The number of anilines is 1. The summed E-state index contributed by atoms with van der Waals surface area (Å²) in [5.74, 6) is -0.426. The SMILES string of the molecule is Nc1cccc(C(=O)NC2CC=CC2)c1O. The van der Waals surface area contributed by atoms with Gasteiger partial charge in [-0.15, -0.1) is 0 Å². The van der Waals surface area contributed by atoms with Crippen LogP contribution in [0.1, 0.15) is 23.2 Å². The maximum atomic E-state index is 11.8. The van der Waals surface area contributed by atoms with E-state index in [1.165, 1.54) is 0 Å². The van der Waals surface area contributed by atoms with Crippen LogP contribution in [0.15, 0.2) is 30.4 Å². The molecule has 4 heteroatoms. The molecule has 1 aliphatic carbocycles. The first-order valence-electron chi connectivity index (χ1n) is 5.22. The van der Waals surface area contributed by atoms with Crippen molar-refractivity contribution in [3.8, 4) is 5.75 Å². The van der Waals surface area contributed by atoms with Gasteiger partial charge in [-0.1, -0.05) is 18.2 Å². The molecule has 4 nitrogen and oxygen atoms in total. The van der Waals surface area contributed by atoms with Crippen molar-refractivity contribution < 1.29 is 9.90 Å². The molecule has 16 heavy (non-hydrogen) atoms. The fraction of sp³-hybridized carbons (Fsp3) is 0.250. The van der Waals surface area contributed by atoms with E-state index in [0.29, 0.717) is 0 Å². The lowest BCUT2D eigenvalue weighted by molar-refractivity contribution is 0.0936. The maximum absolute atomic E-state index is 11.8. The van der Waals surface area contributed by atoms with Gasteiger partial charge in [0.25, 0.3) is 5.91 Å². The zero-order chi connectivity index (χ0) is 11.5. The number of carbonyl (C=O) groups excluding carboxylic acids is 1. The van der Waals surface area contributed by atoms with E-state index in [9.17, 15) is 9.90 Å². The van der Waals surface area contributed by atoms with Crippen LogP contribution in [0, 0.1) is 0 Å². The molecule has 0 aromatic heterocycles. The molecular weight excluding hydrogens is 204 g/mol. The van der Waals surface area contributed by atoms with Gasteiger partial charge in [0, 0.05) is 6.04 Å². The molecule has 0 atom stereocenters. The summed E-state index contributed by atoms with van der Waals surface area (Å²) >= 11 is 0. The van der Waals surface area contributed by atoms with E-state index in [-0.39, 0.29) is 28.9 Å². The van der Waals surface area contributed by atoms with Crippen molar-refractivity contribution in [2.24, 2.45) is 0 Å². The lowest BCUT2D eigenvalue weighted by Gasteiger charge is -2.13. The van der Waals surface area contributed by atoms with E-state index >= 15 is 0 Å². The van der Waals surface area contributed by atoms with Gasteiger partial charge in [0.1, 0.15) is 0 Å². The molecule has 0 heterocycles. The van der Waals surface area contributed by atoms with Crippen LogP contribution >= 0.6 is 0 Å². The van der Waals surface area contributed by atoms with Crippen LogP contribution in [0.2, 0.25) is 0 Å². The second-order valence-electron chi connectivity index (χ2n) is 3.86. The highest BCUT2D eigenvalue weighted by Gasteiger charge is 2.17. The molecule has 0 saturated carbocycles. The van der Waals surface area contributed by atoms with Gasteiger partial charge in [0.15, 0.2) is 5.75 Å². The Kier molecular flexibility index (Phi) is 2.81. The number of amides is 1. The van der Waals surface area contributed by atoms with Gasteiger partial charge in [-0.3, -0.25) is 4.79 Å². The Labute approximate surface area is 93.8 Å². The number of hydrogen-bond acceptors (Lipinski definition) is 3. The standard InChI is InChI=1S/C12H14N2O2/c13-10-7-3-6-9(11(10)15)12(16)14-8-4-1-2-5-8/h1-3,6-8,15H,4-5,13H2,(H,14,16). The monoisotopic (exact) mass is 218 g/mol. The summed E-state index contributed by atoms with van der Waals surface area (Å²) in [7, 11) is 0. The Balaban J connectivity index is 2.11. The van der Waals surface area contributed by atoms with Crippen LogP contribution in [0.3, 0.4) is 0 Å². The lowest BCUT2D eigenvalue weighted by atomic mass is 10.1. The number of nitrogen functional groups attached to an aromatic ring is 1. The molecule has 0 fully saturated rings. The van der Waals surface area contributed by atoms with Crippen molar-refractivity contribution in [3.05, 3.63) is 35.9 Å². The Morgan fingerprint density at radius 2 is 2.06 bits per heavy atom. The van der Waals surface area contributed by atoms with Crippen molar-refractivity contribution in [2.75, 3.05) is 5.73 Å². The molecule has 1 amide bonds. The average Bonchev–Trinajstić information content (AvgIpc) is 2.74. The maximum Gasteiger partial charge on any atom is 0.255 e. The van der Waals surface area contributed by atoms with Crippen molar-refractivity contribution >= 4 is 11.6 Å². The number of para-hydroxylation sites is 1. The first-order valence-corrected chi connectivity index (χ1v) is 5.22. The van der Waals surface area contributed by atoms with Crippen molar-refractivity contribution in [2.45, 2.75) is 18.9 Å². The summed E-state index contributed by atoms with van der Waals surface area (Å²) in [6.07, 6.45) is 5.75. The zero-order valence-corrected chi connectivity index (χ0v) is 8.81. The van der Waals surface area contributed by atoms with Gasteiger partial charge in [0.2, 0.25) is 0 Å². The topological polar surface area (TPSA) is 75.4 Å². The number of carbonyl (C=O) groups is 1. The molecule has 0 spiro atoms. The van der Waals surface area contributed by atoms with Gasteiger partial charge in [0.05, 0.1) is 11.3 Å². The number of aromatic hydroxyl groups is 1. The first-order chi connectivity index (χ1) is 7.68. The van der Waals surface area contributed by atoms with Gasteiger partial charge in [-0.25, -0.2) is 0 Å². The van der Waals surface area contributed by atoms with Crippen LogP contribution in [-0.4, -0.2) is 17.1 Å². The van der Waals surface area contributed by atoms with Crippen molar-refractivity contribution in [1.82, 2.24) is 5.32 Å². The van der Waals surface area contributed by atoms with Crippen LogP contribution in [0.4, 0.5) is 5.69 Å². The van der Waals surface area contributed by atoms with Gasteiger partial charge in [-0.05, 0) is 25.0 Å². The quantitative estimate of drug-likeness (QED) is 0.399. The van der Waals surface area contributed by atoms with Gasteiger partial charge < -0.3 is 16.2 Å². The van der Waals surface area contributed by atoms with Gasteiger partial charge >= 0.3 is 0 Å². The number of nitrogens with one attached hydrogen (secondary N) is 1. The Hall–Kier alpha value is -1.97. The number of nitrogens with two attached hydrogens (primary N) is 1. The minimum atomic E-state index is -0.279. The van der Waals surface area contributed by atoms with E-state index in [1.54, 1.807) is 18.2 Å². The van der Waals surface area contributed by atoms with Crippen LogP contribution in [0.5, 0.6) is 5.75 Å². The molecule has 2 rings (SSSR count). The number of benzene rings is 1. The van der Waals surface area contributed by atoms with Crippen molar-refractivity contribution in [3.63, 3.8) is 0 Å². The number of phenolic OH excluding ortho intramolecular Hbond substituents is 1. The third-order valence-corrected chi connectivity index (χ3v) is 2.65. The fourth-order valence-electron chi connectivity index (χ4n) is 1.74. The molecule has 0 aliphatic heterocycles. The summed E-state index contributed by atoms with van der Waals surface area (Å²) in [6.45, 7) is 0. The Morgan fingerprint density at radius 1 is 1.38 bits per heavy atom. The highest BCUT2D eigenvalue weighted by molar-refractivity contribution is 5.98. The van der Waals surface area contributed by atoms with E-state index in [2.05, 4.69) is 5.32 Å². The number of rotatable bonds is 2. The molecule has 84 valence electrons. The average molecular weight is 218 g/mol. The molecule has 0 unspecified atom stereocenters. The zero-order valence-electron chi connectivity index (χ0n) is 8.81. The largest absolute Gasteiger partial charge is 0.505 e. The summed E-state index contributed by atoms with van der Waals surface area (Å²) in [5.41, 5.74) is 5.97. The molecule has 0 bridgehead atoms. The normalized spacial score (nSPS) is 15.2. The molecule has 1 aromatic carbocycles. The van der Waals surface area contributed by atoms with Crippen LogP contribution in [0.25, 0.3) is 0 Å². The smallest absolute Gasteiger partial charge is 0.255 e. The predicted molar refractivity (Wildman–Crippen MR) is 62.1 cm³/mol. The molecule has 4 N–H and O–H groups in total. The Morgan fingerprint density at radius 3 is 2.75 bits per heavy atom. The summed E-state index contributed by atoms with van der Waals surface area (Å²) in [5, 5.41) is 12.5. The molecule has 0 saturated heterocycles. The minimum Gasteiger partial charge on any atom is -0.505 e. The lowest BCUT2D eigenvalue weighted by Crippen LogP contribution is -2.32. The Bertz CT molecular complexity index is 433. The van der Waals surface area contributed by atoms with Gasteiger partial charge in [-0.2, -0.15) is 0 Å². The summed E-state index contributed by atoms with van der Waals surface area (Å²) < 4.78 is 0.